The zero-order chi connectivity index (χ0) is 11.3. The van der Waals surface area contributed by atoms with Gasteiger partial charge < -0.3 is 0 Å². The highest BCUT2D eigenvalue weighted by atomic mass is 35.5. The van der Waals surface area contributed by atoms with E-state index in [1.807, 2.05) is 11.8 Å². The van der Waals surface area contributed by atoms with Crippen LogP contribution < -0.4 is 4.90 Å². The molecule has 1 aromatic heterocycles. The Morgan fingerprint density at radius 2 is 2.06 bits per heavy atom. The van der Waals surface area contributed by atoms with E-state index in [-0.39, 0.29) is 11.2 Å². The molecular formula is C11H12ClN3O. The smallest absolute Gasteiger partial charge is 0.228 e. The minimum absolute atomic E-state index is 0.171. The number of rotatable bonds is 1. The second-order valence-corrected chi connectivity index (χ2v) is 4.71. The topological polar surface area (TPSA) is 46.1 Å². The number of fused-ring (bicyclic) bond motifs is 1. The molecule has 5 heteroatoms. The molecule has 1 aliphatic carbocycles. The second-order valence-electron chi connectivity index (χ2n) is 4.38. The standard InChI is InChI=1S/C11H12ClN3O/c1-6-8-4-5-9(16)15(7-2-3-7)10(8)14-11(12)13-6/h7H,2-5H2,1H3. The van der Waals surface area contributed by atoms with Crippen LogP contribution in [0.1, 0.15) is 30.5 Å². The highest BCUT2D eigenvalue weighted by Gasteiger charge is 2.38. The number of nitrogens with zero attached hydrogens (tertiary/aromatic N) is 3. The zero-order valence-corrected chi connectivity index (χ0v) is 9.79. The van der Waals surface area contributed by atoms with Gasteiger partial charge >= 0.3 is 0 Å². The van der Waals surface area contributed by atoms with Gasteiger partial charge in [0.1, 0.15) is 5.82 Å². The summed E-state index contributed by atoms with van der Waals surface area (Å²) in [5.41, 5.74) is 1.98. The number of carbonyl (C=O) groups excluding carboxylic acids is 1. The third kappa shape index (κ3) is 1.48. The molecule has 0 atom stereocenters. The number of amides is 1. The van der Waals surface area contributed by atoms with Crippen LogP contribution in [-0.4, -0.2) is 21.9 Å². The largest absolute Gasteiger partial charge is 0.293 e. The van der Waals surface area contributed by atoms with Gasteiger partial charge in [-0.2, -0.15) is 4.98 Å². The molecule has 0 unspecified atom stereocenters. The van der Waals surface area contributed by atoms with Gasteiger partial charge in [0.05, 0.1) is 0 Å². The Morgan fingerprint density at radius 3 is 2.75 bits per heavy atom. The maximum Gasteiger partial charge on any atom is 0.228 e. The summed E-state index contributed by atoms with van der Waals surface area (Å²) < 4.78 is 0. The van der Waals surface area contributed by atoms with E-state index >= 15 is 0 Å². The molecule has 3 rings (SSSR count). The minimum Gasteiger partial charge on any atom is -0.293 e. The molecule has 0 saturated heterocycles. The van der Waals surface area contributed by atoms with Crippen molar-refractivity contribution in [3.8, 4) is 0 Å². The fourth-order valence-corrected chi connectivity index (χ4v) is 2.43. The first kappa shape index (κ1) is 10.0. The summed E-state index contributed by atoms with van der Waals surface area (Å²) in [7, 11) is 0. The van der Waals surface area contributed by atoms with E-state index in [1.165, 1.54) is 0 Å². The Balaban J connectivity index is 2.14. The molecule has 4 nitrogen and oxygen atoms in total. The summed E-state index contributed by atoms with van der Waals surface area (Å²) in [6.07, 6.45) is 3.45. The van der Waals surface area contributed by atoms with Gasteiger partial charge in [0.25, 0.3) is 0 Å². The van der Waals surface area contributed by atoms with Crippen LogP contribution >= 0.6 is 11.6 Å². The van der Waals surface area contributed by atoms with Gasteiger partial charge in [-0.15, -0.1) is 0 Å². The van der Waals surface area contributed by atoms with Crippen molar-refractivity contribution < 1.29 is 4.79 Å². The van der Waals surface area contributed by atoms with E-state index in [0.717, 1.165) is 36.3 Å². The van der Waals surface area contributed by atoms with Gasteiger partial charge in [0, 0.05) is 23.7 Å². The average Bonchev–Trinajstić information content (AvgIpc) is 3.00. The van der Waals surface area contributed by atoms with Gasteiger partial charge in [-0.3, -0.25) is 9.69 Å². The summed E-state index contributed by atoms with van der Waals surface area (Å²) >= 11 is 5.86. The van der Waals surface area contributed by atoms with Crippen molar-refractivity contribution in [3.63, 3.8) is 0 Å². The lowest BCUT2D eigenvalue weighted by Crippen LogP contribution is -2.38. The normalized spacial score (nSPS) is 19.9. The molecule has 1 saturated carbocycles. The molecule has 0 N–H and O–H groups in total. The number of carbonyl (C=O) groups is 1. The Morgan fingerprint density at radius 1 is 1.31 bits per heavy atom. The Hall–Kier alpha value is -1.16. The Bertz CT molecular complexity index is 471. The molecular weight excluding hydrogens is 226 g/mol. The van der Waals surface area contributed by atoms with E-state index in [2.05, 4.69) is 9.97 Å². The number of anilines is 1. The molecule has 0 aromatic carbocycles. The maximum absolute atomic E-state index is 11.9. The highest BCUT2D eigenvalue weighted by Crippen LogP contribution is 2.37. The van der Waals surface area contributed by atoms with Gasteiger partial charge in [-0.25, -0.2) is 4.98 Å². The number of halogens is 1. The molecule has 0 radical (unpaired) electrons. The molecule has 0 bridgehead atoms. The minimum atomic E-state index is 0.171. The predicted molar refractivity (Wildman–Crippen MR) is 60.6 cm³/mol. The van der Waals surface area contributed by atoms with Gasteiger partial charge in [-0.1, -0.05) is 0 Å². The van der Waals surface area contributed by atoms with Gasteiger partial charge in [0.15, 0.2) is 0 Å². The molecule has 2 aliphatic rings. The first-order chi connectivity index (χ1) is 7.66. The first-order valence-electron chi connectivity index (χ1n) is 5.52. The molecule has 1 amide bonds. The summed E-state index contributed by atoms with van der Waals surface area (Å²) in [4.78, 5) is 22.1. The summed E-state index contributed by atoms with van der Waals surface area (Å²) in [6.45, 7) is 1.92. The van der Waals surface area contributed by atoms with Crippen molar-refractivity contribution in [2.75, 3.05) is 4.90 Å². The van der Waals surface area contributed by atoms with E-state index in [0.29, 0.717) is 12.5 Å². The molecule has 2 heterocycles. The van der Waals surface area contributed by atoms with Gasteiger partial charge in [0.2, 0.25) is 11.2 Å². The van der Waals surface area contributed by atoms with E-state index in [1.54, 1.807) is 0 Å². The lowest BCUT2D eigenvalue weighted by molar-refractivity contribution is -0.119. The molecule has 1 aromatic rings. The third-order valence-electron chi connectivity index (χ3n) is 3.16. The Kier molecular flexibility index (Phi) is 2.14. The van der Waals surface area contributed by atoms with Crippen LogP contribution in [0, 0.1) is 6.92 Å². The summed E-state index contributed by atoms with van der Waals surface area (Å²) in [5, 5.41) is 0.233. The van der Waals surface area contributed by atoms with Crippen molar-refractivity contribution in [3.05, 3.63) is 16.5 Å². The summed E-state index contributed by atoms with van der Waals surface area (Å²) in [6, 6.07) is 0.344. The van der Waals surface area contributed by atoms with E-state index in [4.69, 9.17) is 11.6 Å². The predicted octanol–water partition coefficient (Wildman–Crippen LogP) is 1.88. The number of aromatic nitrogens is 2. The van der Waals surface area contributed by atoms with Crippen LogP contribution in [0.2, 0.25) is 5.28 Å². The molecule has 1 fully saturated rings. The van der Waals surface area contributed by atoms with Crippen molar-refractivity contribution in [1.82, 2.24) is 9.97 Å². The molecule has 84 valence electrons. The number of hydrogen-bond acceptors (Lipinski definition) is 3. The molecule has 16 heavy (non-hydrogen) atoms. The highest BCUT2D eigenvalue weighted by molar-refractivity contribution is 6.28. The van der Waals surface area contributed by atoms with E-state index < -0.39 is 0 Å². The fourth-order valence-electron chi connectivity index (χ4n) is 2.22. The quantitative estimate of drug-likeness (QED) is 0.701. The Labute approximate surface area is 98.6 Å². The van der Waals surface area contributed by atoms with Crippen LogP contribution in [0.15, 0.2) is 0 Å². The maximum atomic E-state index is 11.9. The van der Waals surface area contributed by atoms with Crippen molar-refractivity contribution in [2.24, 2.45) is 0 Å². The molecule has 1 aliphatic heterocycles. The SMILES string of the molecule is Cc1nc(Cl)nc2c1CCC(=O)N2C1CC1. The van der Waals surface area contributed by atoms with Crippen LogP contribution in [0.3, 0.4) is 0 Å². The fraction of sp³-hybridized carbons (Fsp3) is 0.545. The van der Waals surface area contributed by atoms with Crippen molar-refractivity contribution >= 4 is 23.3 Å². The van der Waals surface area contributed by atoms with Crippen LogP contribution in [-0.2, 0) is 11.2 Å². The number of hydrogen-bond donors (Lipinski definition) is 0. The second kappa shape index (κ2) is 3.42. The number of aryl methyl sites for hydroxylation is 1. The zero-order valence-electron chi connectivity index (χ0n) is 9.03. The van der Waals surface area contributed by atoms with Crippen LogP contribution in [0.5, 0.6) is 0 Å². The first-order valence-corrected chi connectivity index (χ1v) is 5.89. The lowest BCUT2D eigenvalue weighted by Gasteiger charge is -2.28. The average molecular weight is 238 g/mol. The lowest BCUT2D eigenvalue weighted by atomic mass is 10.0. The van der Waals surface area contributed by atoms with E-state index in [9.17, 15) is 4.79 Å². The monoisotopic (exact) mass is 237 g/mol. The molecule has 0 spiro atoms. The van der Waals surface area contributed by atoms with Crippen molar-refractivity contribution in [1.29, 1.82) is 0 Å². The van der Waals surface area contributed by atoms with Gasteiger partial charge in [-0.05, 0) is 37.8 Å². The van der Waals surface area contributed by atoms with Crippen molar-refractivity contribution in [2.45, 2.75) is 38.6 Å². The summed E-state index contributed by atoms with van der Waals surface area (Å²) in [5.74, 6) is 0.917. The van der Waals surface area contributed by atoms with Crippen LogP contribution in [0.4, 0.5) is 5.82 Å². The third-order valence-corrected chi connectivity index (χ3v) is 3.33. The van der Waals surface area contributed by atoms with Crippen LogP contribution in [0.25, 0.3) is 0 Å².